The molecular weight excluding hydrogens is 460 g/mol. The lowest BCUT2D eigenvalue weighted by molar-refractivity contribution is -0.179. The normalized spacial score (nSPS) is 18.4. The third-order valence-corrected chi connectivity index (χ3v) is 8.27. The molecule has 3 aromatic rings. The Hall–Kier alpha value is -2.92. The van der Waals surface area contributed by atoms with Crippen molar-refractivity contribution in [3.8, 4) is 5.75 Å². The molecule has 0 radical (unpaired) electrons. The second-order valence-corrected chi connectivity index (χ2v) is 10.3. The molecule has 3 heterocycles. The Labute approximate surface area is 197 Å². The first-order chi connectivity index (χ1) is 16.3. The number of benzene rings is 2. The zero-order chi connectivity index (χ0) is 23.9. The fraction of sp³-hybridized carbons (Fsp3) is 0.375. The molecule has 2 aliphatic rings. The van der Waals surface area contributed by atoms with Crippen LogP contribution in [0.4, 0.5) is 5.69 Å². The van der Waals surface area contributed by atoms with Crippen LogP contribution in [-0.2, 0) is 19.5 Å². The summed E-state index contributed by atoms with van der Waals surface area (Å²) < 4.78 is 50.4. The highest BCUT2D eigenvalue weighted by atomic mass is 32.2. The third kappa shape index (κ3) is 4.07. The summed E-state index contributed by atoms with van der Waals surface area (Å²) in [7, 11) is -2.17. The zero-order valence-electron chi connectivity index (χ0n) is 19.0. The number of sulfonamides is 1. The average Bonchev–Trinajstić information content (AvgIpc) is 3.43. The quantitative estimate of drug-likeness (QED) is 0.588. The number of methoxy groups -OCH3 is 1. The van der Waals surface area contributed by atoms with Gasteiger partial charge in [-0.2, -0.15) is 4.31 Å². The van der Waals surface area contributed by atoms with Crippen LogP contribution < -0.4 is 10.1 Å². The Bertz CT molecular complexity index is 1330. The first-order valence-electron chi connectivity index (χ1n) is 11.1. The zero-order valence-corrected chi connectivity index (χ0v) is 19.8. The second kappa shape index (κ2) is 8.70. The molecule has 180 valence electrons. The van der Waals surface area contributed by atoms with Crippen molar-refractivity contribution in [1.29, 1.82) is 0 Å². The number of nitrogens with one attached hydrogen (secondary N) is 1. The summed E-state index contributed by atoms with van der Waals surface area (Å²) in [6.07, 6.45) is 0.988. The number of furan rings is 1. The molecule has 34 heavy (non-hydrogen) atoms. The maximum atomic E-state index is 13.3. The number of piperidine rings is 1. The first kappa shape index (κ1) is 22.9. The average molecular weight is 487 g/mol. The lowest BCUT2D eigenvalue weighted by Crippen LogP contribution is -2.47. The molecule has 1 spiro atoms. The van der Waals surface area contributed by atoms with Gasteiger partial charge in [0.05, 0.1) is 25.2 Å². The first-order valence-corrected chi connectivity index (χ1v) is 12.5. The number of carbonyl (C=O) groups excluding carboxylic acids is 1. The van der Waals surface area contributed by atoms with E-state index in [0.717, 1.165) is 0 Å². The van der Waals surface area contributed by atoms with Gasteiger partial charge < -0.3 is 23.9 Å². The topological polar surface area (TPSA) is 107 Å². The highest BCUT2D eigenvalue weighted by Crippen LogP contribution is 2.35. The molecule has 0 aliphatic carbocycles. The standard InChI is InChI=1S/C24H26N2O7S/c1-16-20-15-19(34(28,29)26-10-8-24(9-11-26)31-12-13-32-24)6-7-21(20)33-22(16)23(27)25-17-4-3-5-18(14-17)30-2/h3-7,14-15H,8-13H2,1-2H3,(H,25,27). The number of carbonyl (C=O) groups is 1. The molecular formula is C24H26N2O7S. The maximum Gasteiger partial charge on any atom is 0.291 e. The van der Waals surface area contributed by atoms with Gasteiger partial charge in [-0.1, -0.05) is 6.07 Å². The van der Waals surface area contributed by atoms with E-state index in [1.54, 1.807) is 50.4 Å². The van der Waals surface area contributed by atoms with Crippen LogP contribution in [-0.4, -0.2) is 57.8 Å². The van der Waals surface area contributed by atoms with Crippen LogP contribution in [0.2, 0.25) is 0 Å². The molecule has 1 aromatic heterocycles. The molecule has 9 nitrogen and oxygen atoms in total. The van der Waals surface area contributed by atoms with Crippen molar-refractivity contribution >= 4 is 32.6 Å². The van der Waals surface area contributed by atoms with Gasteiger partial charge in [-0.05, 0) is 37.3 Å². The smallest absolute Gasteiger partial charge is 0.291 e. The Morgan fingerprint density at radius 2 is 1.82 bits per heavy atom. The molecule has 10 heteroatoms. The SMILES string of the molecule is COc1cccc(NC(=O)c2oc3ccc(S(=O)(=O)N4CCC5(CC4)OCCO5)cc3c2C)c1. The molecule has 0 unspecified atom stereocenters. The molecule has 0 atom stereocenters. The number of ether oxygens (including phenoxy) is 3. The number of hydrogen-bond donors (Lipinski definition) is 1. The Morgan fingerprint density at radius 1 is 1.09 bits per heavy atom. The predicted octanol–water partition coefficient (Wildman–Crippen LogP) is 3.53. The van der Waals surface area contributed by atoms with Crippen molar-refractivity contribution in [2.24, 2.45) is 0 Å². The number of nitrogens with zero attached hydrogens (tertiary/aromatic N) is 1. The van der Waals surface area contributed by atoms with Crippen LogP contribution in [0.3, 0.4) is 0 Å². The Kier molecular flexibility index (Phi) is 5.85. The molecule has 5 rings (SSSR count). The number of hydrogen-bond acceptors (Lipinski definition) is 7. The summed E-state index contributed by atoms with van der Waals surface area (Å²) in [5.41, 5.74) is 1.57. The van der Waals surface area contributed by atoms with E-state index in [1.165, 1.54) is 10.4 Å². The van der Waals surface area contributed by atoms with E-state index >= 15 is 0 Å². The number of anilines is 1. The summed E-state index contributed by atoms with van der Waals surface area (Å²) in [6.45, 7) is 3.45. The maximum absolute atomic E-state index is 13.3. The van der Waals surface area contributed by atoms with Crippen LogP contribution in [0, 0.1) is 6.92 Å². The predicted molar refractivity (Wildman–Crippen MR) is 125 cm³/mol. The molecule has 2 aliphatic heterocycles. The van der Waals surface area contributed by atoms with Gasteiger partial charge in [0, 0.05) is 48.6 Å². The molecule has 1 amide bonds. The van der Waals surface area contributed by atoms with Crippen molar-refractivity contribution in [3.63, 3.8) is 0 Å². The number of amides is 1. The summed E-state index contributed by atoms with van der Waals surface area (Å²) >= 11 is 0. The number of aryl methyl sites for hydroxylation is 1. The van der Waals surface area contributed by atoms with Crippen LogP contribution >= 0.6 is 0 Å². The number of rotatable bonds is 5. The Balaban J connectivity index is 1.38. The summed E-state index contributed by atoms with van der Waals surface area (Å²) in [5, 5.41) is 3.37. The van der Waals surface area contributed by atoms with E-state index in [2.05, 4.69) is 5.32 Å². The van der Waals surface area contributed by atoms with Gasteiger partial charge in [0.25, 0.3) is 5.91 Å². The van der Waals surface area contributed by atoms with Crippen LogP contribution in [0.15, 0.2) is 51.8 Å². The van der Waals surface area contributed by atoms with Gasteiger partial charge in [-0.3, -0.25) is 4.79 Å². The second-order valence-electron chi connectivity index (χ2n) is 8.41. The minimum Gasteiger partial charge on any atom is -0.497 e. The summed E-state index contributed by atoms with van der Waals surface area (Å²) in [5.74, 6) is -0.335. The van der Waals surface area contributed by atoms with Gasteiger partial charge in [0.2, 0.25) is 10.0 Å². The van der Waals surface area contributed by atoms with Crippen LogP contribution in [0.5, 0.6) is 5.75 Å². The lowest BCUT2D eigenvalue weighted by Gasteiger charge is -2.36. The van der Waals surface area contributed by atoms with Gasteiger partial charge >= 0.3 is 0 Å². The van der Waals surface area contributed by atoms with Crippen molar-refractivity contribution < 1.29 is 31.8 Å². The molecule has 1 N–H and O–H groups in total. The highest BCUT2D eigenvalue weighted by molar-refractivity contribution is 7.89. The summed E-state index contributed by atoms with van der Waals surface area (Å²) in [4.78, 5) is 13.0. The minimum atomic E-state index is -3.72. The molecule has 2 saturated heterocycles. The molecule has 2 aromatic carbocycles. The van der Waals surface area contributed by atoms with Crippen LogP contribution in [0.1, 0.15) is 29.0 Å². The van der Waals surface area contributed by atoms with Gasteiger partial charge in [0.15, 0.2) is 11.5 Å². The largest absolute Gasteiger partial charge is 0.497 e. The minimum absolute atomic E-state index is 0.128. The fourth-order valence-electron chi connectivity index (χ4n) is 4.47. The van der Waals surface area contributed by atoms with Gasteiger partial charge in [-0.25, -0.2) is 8.42 Å². The van der Waals surface area contributed by atoms with Crippen LogP contribution in [0.25, 0.3) is 11.0 Å². The number of fused-ring (bicyclic) bond motifs is 1. The van der Waals surface area contributed by atoms with E-state index in [0.29, 0.717) is 67.1 Å². The van der Waals surface area contributed by atoms with E-state index in [4.69, 9.17) is 18.6 Å². The highest BCUT2D eigenvalue weighted by Gasteiger charge is 2.42. The third-order valence-electron chi connectivity index (χ3n) is 6.38. The Morgan fingerprint density at radius 3 is 2.53 bits per heavy atom. The monoisotopic (exact) mass is 486 g/mol. The summed E-state index contributed by atoms with van der Waals surface area (Å²) in [6, 6.07) is 11.7. The van der Waals surface area contributed by atoms with Gasteiger partial charge in [0.1, 0.15) is 11.3 Å². The van der Waals surface area contributed by atoms with E-state index in [9.17, 15) is 13.2 Å². The van der Waals surface area contributed by atoms with E-state index in [-0.39, 0.29) is 10.7 Å². The molecule has 0 saturated carbocycles. The van der Waals surface area contributed by atoms with E-state index < -0.39 is 21.7 Å². The van der Waals surface area contributed by atoms with Crippen molar-refractivity contribution in [1.82, 2.24) is 4.31 Å². The van der Waals surface area contributed by atoms with Crippen molar-refractivity contribution in [3.05, 3.63) is 53.8 Å². The van der Waals surface area contributed by atoms with Crippen molar-refractivity contribution in [2.45, 2.75) is 30.4 Å². The molecule has 0 bridgehead atoms. The van der Waals surface area contributed by atoms with Crippen molar-refractivity contribution in [2.75, 3.05) is 38.7 Å². The lowest BCUT2D eigenvalue weighted by atomic mass is 10.1. The van der Waals surface area contributed by atoms with Gasteiger partial charge in [-0.15, -0.1) is 0 Å². The van der Waals surface area contributed by atoms with E-state index in [1.807, 2.05) is 0 Å². The fourth-order valence-corrected chi connectivity index (χ4v) is 5.94. The molecule has 2 fully saturated rings.